The number of benzene rings is 3. The summed E-state index contributed by atoms with van der Waals surface area (Å²) in [5, 5.41) is 4.33. The highest BCUT2D eigenvalue weighted by Crippen LogP contribution is 2.25. The van der Waals surface area contributed by atoms with Gasteiger partial charge in [0.1, 0.15) is 5.75 Å². The molecule has 3 aromatic carbocycles. The Bertz CT molecular complexity index is 1360. The number of aromatic nitrogens is 1. The SMILES string of the molecule is CCCN1CCCCCOc2ccc(C(=O)NCCc3c[nH]c4ccccc34)cc2Cc2cccc(c2)C1. The minimum atomic E-state index is -0.0454. The van der Waals surface area contributed by atoms with Crippen molar-refractivity contribution in [1.82, 2.24) is 15.2 Å². The van der Waals surface area contributed by atoms with Crippen LogP contribution in [0.25, 0.3) is 10.9 Å². The maximum absolute atomic E-state index is 13.1. The Morgan fingerprint density at radius 3 is 2.82 bits per heavy atom. The molecular formula is C33H39N3O2. The molecule has 0 saturated heterocycles. The summed E-state index contributed by atoms with van der Waals surface area (Å²) in [6.45, 7) is 6.80. The van der Waals surface area contributed by atoms with Gasteiger partial charge in [0.25, 0.3) is 5.91 Å². The smallest absolute Gasteiger partial charge is 0.251 e. The van der Waals surface area contributed by atoms with Gasteiger partial charge in [-0.05, 0) is 91.7 Å². The number of fused-ring (bicyclic) bond motifs is 4. The Hall–Kier alpha value is -3.57. The van der Waals surface area contributed by atoms with Crippen LogP contribution >= 0.6 is 0 Å². The Labute approximate surface area is 226 Å². The molecule has 0 aliphatic carbocycles. The van der Waals surface area contributed by atoms with E-state index in [-0.39, 0.29) is 5.91 Å². The van der Waals surface area contributed by atoms with E-state index in [1.54, 1.807) is 0 Å². The molecule has 1 aromatic heterocycles. The monoisotopic (exact) mass is 509 g/mol. The summed E-state index contributed by atoms with van der Waals surface area (Å²) in [5.41, 5.74) is 6.68. The summed E-state index contributed by atoms with van der Waals surface area (Å²) in [6.07, 6.45) is 8.12. The third kappa shape index (κ3) is 6.65. The molecular weight excluding hydrogens is 470 g/mol. The fourth-order valence-corrected chi connectivity index (χ4v) is 5.45. The molecule has 0 spiro atoms. The zero-order valence-electron chi connectivity index (χ0n) is 22.5. The molecule has 5 heteroatoms. The van der Waals surface area contributed by atoms with E-state index >= 15 is 0 Å². The van der Waals surface area contributed by atoms with Gasteiger partial charge >= 0.3 is 0 Å². The molecule has 0 atom stereocenters. The molecule has 5 rings (SSSR count). The number of carbonyl (C=O) groups excluding carboxylic acids is 1. The van der Waals surface area contributed by atoms with E-state index in [1.165, 1.54) is 34.9 Å². The molecule has 4 aromatic rings. The van der Waals surface area contributed by atoms with Crippen molar-refractivity contribution in [2.75, 3.05) is 26.2 Å². The number of rotatable bonds is 6. The van der Waals surface area contributed by atoms with Crippen LogP contribution in [0, 0.1) is 0 Å². The first-order valence-corrected chi connectivity index (χ1v) is 14.1. The second-order valence-corrected chi connectivity index (χ2v) is 10.4. The van der Waals surface area contributed by atoms with E-state index in [2.05, 4.69) is 58.5 Å². The van der Waals surface area contributed by atoms with Gasteiger partial charge in [-0.2, -0.15) is 0 Å². The molecule has 38 heavy (non-hydrogen) atoms. The van der Waals surface area contributed by atoms with Crippen molar-refractivity contribution in [3.8, 4) is 5.75 Å². The van der Waals surface area contributed by atoms with E-state index in [0.29, 0.717) is 18.7 Å². The van der Waals surface area contributed by atoms with Crippen molar-refractivity contribution in [2.45, 2.75) is 52.0 Å². The molecule has 0 fully saturated rings. The summed E-state index contributed by atoms with van der Waals surface area (Å²) in [6, 6.07) is 23.0. The maximum atomic E-state index is 13.1. The fourth-order valence-electron chi connectivity index (χ4n) is 5.45. The molecule has 2 heterocycles. The number of hydrogen-bond acceptors (Lipinski definition) is 3. The molecule has 1 aliphatic rings. The number of amides is 1. The Balaban J connectivity index is 1.30. The molecule has 198 valence electrons. The van der Waals surface area contributed by atoms with Gasteiger partial charge in [-0.25, -0.2) is 0 Å². The van der Waals surface area contributed by atoms with Crippen LogP contribution in [0.4, 0.5) is 0 Å². The second kappa shape index (κ2) is 12.8. The minimum absolute atomic E-state index is 0.0454. The van der Waals surface area contributed by atoms with Crippen molar-refractivity contribution in [3.63, 3.8) is 0 Å². The number of aromatic amines is 1. The van der Waals surface area contributed by atoms with E-state index in [1.807, 2.05) is 36.5 Å². The highest BCUT2D eigenvalue weighted by atomic mass is 16.5. The number of hydrogen-bond donors (Lipinski definition) is 2. The van der Waals surface area contributed by atoms with Crippen LogP contribution in [0.15, 0.2) is 72.9 Å². The number of carbonyl (C=O) groups is 1. The molecule has 0 radical (unpaired) electrons. The highest BCUT2D eigenvalue weighted by molar-refractivity contribution is 5.94. The first-order valence-electron chi connectivity index (χ1n) is 14.1. The summed E-state index contributed by atoms with van der Waals surface area (Å²) in [5.74, 6) is 0.839. The summed E-state index contributed by atoms with van der Waals surface area (Å²) in [4.78, 5) is 19.0. The van der Waals surface area contributed by atoms with Crippen LogP contribution in [0.1, 0.15) is 65.2 Å². The van der Waals surface area contributed by atoms with Crippen molar-refractivity contribution >= 4 is 16.8 Å². The average Bonchev–Trinajstić information content (AvgIpc) is 3.34. The van der Waals surface area contributed by atoms with Gasteiger partial charge in [-0.1, -0.05) is 49.4 Å². The van der Waals surface area contributed by atoms with E-state index in [0.717, 1.165) is 62.1 Å². The predicted octanol–water partition coefficient (Wildman–Crippen LogP) is 6.51. The topological polar surface area (TPSA) is 57.4 Å². The van der Waals surface area contributed by atoms with Gasteiger partial charge in [0.2, 0.25) is 0 Å². The van der Waals surface area contributed by atoms with Crippen molar-refractivity contribution in [2.24, 2.45) is 0 Å². The normalized spacial score (nSPS) is 14.9. The molecule has 2 N–H and O–H groups in total. The van der Waals surface area contributed by atoms with E-state index < -0.39 is 0 Å². The predicted molar refractivity (Wildman–Crippen MR) is 155 cm³/mol. The third-order valence-corrected chi connectivity index (χ3v) is 7.39. The Morgan fingerprint density at radius 1 is 1.00 bits per heavy atom. The quantitative estimate of drug-likeness (QED) is 0.312. The number of nitrogens with zero attached hydrogens (tertiary/aromatic N) is 1. The lowest BCUT2D eigenvalue weighted by Crippen LogP contribution is -2.26. The number of para-hydroxylation sites is 1. The number of H-pyrrole nitrogens is 1. The molecule has 0 saturated carbocycles. The van der Waals surface area contributed by atoms with Crippen LogP contribution in [-0.2, 0) is 19.4 Å². The lowest BCUT2D eigenvalue weighted by Gasteiger charge is -2.22. The van der Waals surface area contributed by atoms with Gasteiger partial charge in [-0.15, -0.1) is 0 Å². The number of nitrogens with one attached hydrogen (secondary N) is 2. The van der Waals surface area contributed by atoms with Crippen LogP contribution < -0.4 is 10.1 Å². The van der Waals surface area contributed by atoms with Crippen LogP contribution in [-0.4, -0.2) is 42.0 Å². The Kier molecular flexibility index (Phi) is 8.77. The third-order valence-electron chi connectivity index (χ3n) is 7.39. The maximum Gasteiger partial charge on any atom is 0.251 e. The standard InChI is InChI=1S/C33H39N3O2/c1-2-17-36-18-6-3-7-19-38-32-14-13-27(22-29(32)21-25-9-8-10-26(20-25)24-36)33(37)34-16-15-28-23-35-31-12-5-4-11-30(28)31/h4-5,8-14,20,22-23,35H,2-3,6-7,15-19,21,24H2,1H3,(H,34,37). The average molecular weight is 510 g/mol. The van der Waals surface area contributed by atoms with Gasteiger partial charge in [0.15, 0.2) is 0 Å². The molecule has 0 unspecified atom stereocenters. The summed E-state index contributed by atoms with van der Waals surface area (Å²) in [7, 11) is 0. The van der Waals surface area contributed by atoms with Crippen molar-refractivity contribution in [3.05, 3.63) is 101 Å². The van der Waals surface area contributed by atoms with Gasteiger partial charge in [-0.3, -0.25) is 9.69 Å². The van der Waals surface area contributed by atoms with Crippen LogP contribution in [0.5, 0.6) is 5.75 Å². The molecule has 1 amide bonds. The van der Waals surface area contributed by atoms with E-state index in [4.69, 9.17) is 4.74 Å². The highest BCUT2D eigenvalue weighted by Gasteiger charge is 2.14. The first-order chi connectivity index (χ1) is 18.7. The zero-order valence-corrected chi connectivity index (χ0v) is 22.5. The van der Waals surface area contributed by atoms with Gasteiger partial charge in [0.05, 0.1) is 6.61 Å². The number of ether oxygens (including phenoxy) is 1. The first kappa shape index (κ1) is 26.1. The largest absolute Gasteiger partial charge is 0.493 e. The van der Waals surface area contributed by atoms with Gasteiger partial charge in [0, 0.05) is 42.2 Å². The van der Waals surface area contributed by atoms with Crippen LogP contribution in [0.3, 0.4) is 0 Å². The molecule has 2 bridgehead atoms. The Morgan fingerprint density at radius 2 is 1.89 bits per heavy atom. The molecule has 1 aliphatic heterocycles. The lowest BCUT2D eigenvalue weighted by atomic mass is 9.99. The van der Waals surface area contributed by atoms with E-state index in [9.17, 15) is 4.79 Å². The second-order valence-electron chi connectivity index (χ2n) is 10.4. The summed E-state index contributed by atoms with van der Waals surface area (Å²) < 4.78 is 6.24. The molecule has 5 nitrogen and oxygen atoms in total. The fraction of sp³-hybridized carbons (Fsp3) is 0.364. The summed E-state index contributed by atoms with van der Waals surface area (Å²) >= 11 is 0. The minimum Gasteiger partial charge on any atom is -0.493 e. The lowest BCUT2D eigenvalue weighted by molar-refractivity contribution is 0.0954. The van der Waals surface area contributed by atoms with Crippen LogP contribution in [0.2, 0.25) is 0 Å². The van der Waals surface area contributed by atoms with Crippen molar-refractivity contribution in [1.29, 1.82) is 0 Å². The van der Waals surface area contributed by atoms with Crippen molar-refractivity contribution < 1.29 is 9.53 Å². The van der Waals surface area contributed by atoms with Gasteiger partial charge < -0.3 is 15.0 Å². The zero-order chi connectivity index (χ0) is 26.2.